The van der Waals surface area contributed by atoms with Crippen molar-refractivity contribution in [2.24, 2.45) is 0 Å². The molecular weight excluding hydrogens is 228 g/mol. The van der Waals surface area contributed by atoms with E-state index in [9.17, 15) is 5.11 Å². The topological polar surface area (TPSA) is 38.7 Å². The summed E-state index contributed by atoms with van der Waals surface area (Å²) in [5, 5.41) is 9.75. The van der Waals surface area contributed by atoms with Gasteiger partial charge in [0.25, 0.3) is 0 Å². The first kappa shape index (κ1) is 13.4. The number of aliphatic hydroxyl groups excluding tert-OH is 1. The standard InChI is InChI=1S/C15H22O3/c1-11-6-7-15(14(9-11)12(2)16)18-10-13-5-3-4-8-17-13/h6-7,9,12-13,16H,3-5,8,10H2,1-2H3/t12-,13?/m0/s1. The highest BCUT2D eigenvalue weighted by molar-refractivity contribution is 5.38. The SMILES string of the molecule is Cc1ccc(OCC2CCCCO2)c([C@H](C)O)c1. The average Bonchev–Trinajstić information content (AvgIpc) is 2.38. The molecule has 0 aliphatic carbocycles. The van der Waals surface area contributed by atoms with E-state index in [1.165, 1.54) is 6.42 Å². The fourth-order valence-corrected chi connectivity index (χ4v) is 2.25. The van der Waals surface area contributed by atoms with E-state index in [0.29, 0.717) is 6.61 Å². The number of aryl methyl sites for hydroxylation is 1. The number of hydrogen-bond acceptors (Lipinski definition) is 3. The molecule has 100 valence electrons. The molecule has 0 saturated carbocycles. The van der Waals surface area contributed by atoms with Crippen molar-refractivity contribution in [3.8, 4) is 5.75 Å². The number of rotatable bonds is 4. The Morgan fingerprint density at radius 1 is 1.44 bits per heavy atom. The van der Waals surface area contributed by atoms with Crippen molar-refractivity contribution in [2.75, 3.05) is 13.2 Å². The van der Waals surface area contributed by atoms with E-state index in [1.807, 2.05) is 25.1 Å². The second-order valence-corrected chi connectivity index (χ2v) is 5.02. The van der Waals surface area contributed by atoms with Crippen molar-refractivity contribution in [1.29, 1.82) is 0 Å². The molecule has 0 radical (unpaired) electrons. The van der Waals surface area contributed by atoms with Gasteiger partial charge < -0.3 is 14.6 Å². The predicted octanol–water partition coefficient (Wildman–Crippen LogP) is 3.00. The van der Waals surface area contributed by atoms with Gasteiger partial charge in [-0.2, -0.15) is 0 Å². The average molecular weight is 250 g/mol. The molecule has 0 spiro atoms. The quantitative estimate of drug-likeness (QED) is 0.892. The molecular formula is C15H22O3. The Balaban J connectivity index is 1.99. The summed E-state index contributed by atoms with van der Waals surface area (Å²) < 4.78 is 11.4. The van der Waals surface area contributed by atoms with Gasteiger partial charge in [-0.15, -0.1) is 0 Å². The number of benzene rings is 1. The van der Waals surface area contributed by atoms with Crippen LogP contribution in [0.25, 0.3) is 0 Å². The third kappa shape index (κ3) is 3.47. The third-order valence-electron chi connectivity index (χ3n) is 3.31. The lowest BCUT2D eigenvalue weighted by Crippen LogP contribution is -2.26. The normalized spacial score (nSPS) is 21.6. The van der Waals surface area contributed by atoms with Crippen LogP contribution in [0.4, 0.5) is 0 Å². The van der Waals surface area contributed by atoms with Gasteiger partial charge >= 0.3 is 0 Å². The fraction of sp³-hybridized carbons (Fsp3) is 0.600. The minimum atomic E-state index is -0.507. The fourth-order valence-electron chi connectivity index (χ4n) is 2.25. The summed E-state index contributed by atoms with van der Waals surface area (Å²) in [5.41, 5.74) is 1.98. The molecule has 1 unspecified atom stereocenters. The zero-order chi connectivity index (χ0) is 13.0. The maximum absolute atomic E-state index is 9.75. The summed E-state index contributed by atoms with van der Waals surface area (Å²) >= 11 is 0. The Labute approximate surface area is 109 Å². The molecule has 1 N–H and O–H groups in total. The maximum atomic E-state index is 9.75. The lowest BCUT2D eigenvalue weighted by Gasteiger charge is -2.23. The van der Waals surface area contributed by atoms with Crippen LogP contribution in [0.2, 0.25) is 0 Å². The molecule has 1 fully saturated rings. The van der Waals surface area contributed by atoms with Crippen molar-refractivity contribution >= 4 is 0 Å². The zero-order valence-electron chi connectivity index (χ0n) is 11.2. The van der Waals surface area contributed by atoms with Crippen LogP contribution >= 0.6 is 0 Å². The summed E-state index contributed by atoms with van der Waals surface area (Å²) in [6.45, 7) is 5.19. The molecule has 1 heterocycles. The van der Waals surface area contributed by atoms with E-state index >= 15 is 0 Å². The molecule has 18 heavy (non-hydrogen) atoms. The molecule has 2 atom stereocenters. The van der Waals surface area contributed by atoms with E-state index in [2.05, 4.69) is 0 Å². The molecule has 1 aliphatic rings. The Kier molecular flexibility index (Phi) is 4.61. The van der Waals surface area contributed by atoms with Crippen molar-refractivity contribution in [3.63, 3.8) is 0 Å². The van der Waals surface area contributed by atoms with Crippen molar-refractivity contribution in [2.45, 2.75) is 45.3 Å². The van der Waals surface area contributed by atoms with Gasteiger partial charge in [0.15, 0.2) is 0 Å². The Morgan fingerprint density at radius 2 is 2.28 bits per heavy atom. The van der Waals surface area contributed by atoms with E-state index in [-0.39, 0.29) is 6.10 Å². The Bertz CT molecular complexity index is 381. The largest absolute Gasteiger partial charge is 0.490 e. The summed E-state index contributed by atoms with van der Waals surface area (Å²) in [5.74, 6) is 0.768. The van der Waals surface area contributed by atoms with Crippen LogP contribution in [0.15, 0.2) is 18.2 Å². The van der Waals surface area contributed by atoms with E-state index < -0.39 is 6.10 Å². The molecule has 3 heteroatoms. The van der Waals surface area contributed by atoms with Gasteiger partial charge in [-0.1, -0.05) is 11.6 Å². The van der Waals surface area contributed by atoms with Crippen LogP contribution in [-0.2, 0) is 4.74 Å². The van der Waals surface area contributed by atoms with Crippen LogP contribution in [0.5, 0.6) is 5.75 Å². The van der Waals surface area contributed by atoms with Gasteiger partial charge in [-0.25, -0.2) is 0 Å². The van der Waals surface area contributed by atoms with Crippen molar-refractivity contribution in [3.05, 3.63) is 29.3 Å². The number of ether oxygens (including phenoxy) is 2. The highest BCUT2D eigenvalue weighted by Crippen LogP contribution is 2.27. The molecule has 1 aromatic rings. The predicted molar refractivity (Wildman–Crippen MR) is 70.9 cm³/mol. The molecule has 0 bridgehead atoms. The summed E-state index contributed by atoms with van der Waals surface area (Å²) in [4.78, 5) is 0. The number of hydrogen-bond donors (Lipinski definition) is 1. The van der Waals surface area contributed by atoms with Gasteiger partial charge in [-0.05, 0) is 45.2 Å². The van der Waals surface area contributed by atoms with Crippen LogP contribution in [0.3, 0.4) is 0 Å². The molecule has 0 amide bonds. The van der Waals surface area contributed by atoms with E-state index in [1.54, 1.807) is 6.92 Å². The van der Waals surface area contributed by atoms with Crippen LogP contribution in [-0.4, -0.2) is 24.4 Å². The van der Waals surface area contributed by atoms with E-state index in [0.717, 1.165) is 36.3 Å². The third-order valence-corrected chi connectivity index (χ3v) is 3.31. The molecule has 3 nitrogen and oxygen atoms in total. The van der Waals surface area contributed by atoms with Gasteiger partial charge in [-0.3, -0.25) is 0 Å². The van der Waals surface area contributed by atoms with Gasteiger partial charge in [0.2, 0.25) is 0 Å². The van der Waals surface area contributed by atoms with Crippen LogP contribution in [0.1, 0.15) is 43.4 Å². The Morgan fingerprint density at radius 3 is 2.94 bits per heavy atom. The lowest BCUT2D eigenvalue weighted by atomic mass is 10.1. The van der Waals surface area contributed by atoms with Gasteiger partial charge in [0.05, 0.1) is 12.2 Å². The molecule has 2 rings (SSSR count). The Hall–Kier alpha value is -1.06. The highest BCUT2D eigenvalue weighted by atomic mass is 16.5. The molecule has 1 aliphatic heterocycles. The minimum Gasteiger partial charge on any atom is -0.490 e. The lowest BCUT2D eigenvalue weighted by molar-refractivity contribution is -0.0116. The maximum Gasteiger partial charge on any atom is 0.125 e. The minimum absolute atomic E-state index is 0.196. The van der Waals surface area contributed by atoms with Gasteiger partial charge in [0.1, 0.15) is 12.4 Å². The molecule has 0 aromatic heterocycles. The summed E-state index contributed by atoms with van der Waals surface area (Å²) in [6.07, 6.45) is 3.12. The van der Waals surface area contributed by atoms with E-state index in [4.69, 9.17) is 9.47 Å². The summed E-state index contributed by atoms with van der Waals surface area (Å²) in [7, 11) is 0. The van der Waals surface area contributed by atoms with Crippen molar-refractivity contribution < 1.29 is 14.6 Å². The second kappa shape index (κ2) is 6.21. The first-order chi connectivity index (χ1) is 8.66. The monoisotopic (exact) mass is 250 g/mol. The second-order valence-electron chi connectivity index (χ2n) is 5.02. The zero-order valence-corrected chi connectivity index (χ0v) is 11.2. The highest BCUT2D eigenvalue weighted by Gasteiger charge is 2.16. The summed E-state index contributed by atoms with van der Waals surface area (Å²) in [6, 6.07) is 5.91. The van der Waals surface area contributed by atoms with Crippen LogP contribution < -0.4 is 4.74 Å². The number of aliphatic hydroxyl groups is 1. The molecule has 1 aromatic carbocycles. The van der Waals surface area contributed by atoms with Crippen molar-refractivity contribution in [1.82, 2.24) is 0 Å². The van der Waals surface area contributed by atoms with Crippen LogP contribution in [0, 0.1) is 6.92 Å². The first-order valence-electron chi connectivity index (χ1n) is 6.70. The van der Waals surface area contributed by atoms with Gasteiger partial charge in [0, 0.05) is 12.2 Å². The molecule has 1 saturated heterocycles. The smallest absolute Gasteiger partial charge is 0.125 e. The first-order valence-corrected chi connectivity index (χ1v) is 6.70.